The van der Waals surface area contributed by atoms with Crippen molar-refractivity contribution in [2.45, 2.75) is 26.7 Å². The van der Waals surface area contributed by atoms with Crippen LogP contribution in [-0.4, -0.2) is 0 Å². The molecule has 1 rings (SSSR count). The van der Waals surface area contributed by atoms with Gasteiger partial charge >= 0.3 is 0 Å². The fourth-order valence-corrected chi connectivity index (χ4v) is 1.25. The normalized spacial score (nSPS) is 8.91. The second-order valence-corrected chi connectivity index (χ2v) is 2.48. The first kappa shape index (κ1) is 10.5. The van der Waals surface area contributed by atoms with Gasteiger partial charge in [0.05, 0.1) is 0 Å². The van der Waals surface area contributed by atoms with Crippen molar-refractivity contribution < 1.29 is 0 Å². The molecule has 0 atom stereocenters. The van der Waals surface area contributed by atoms with E-state index >= 15 is 0 Å². The third-order valence-corrected chi connectivity index (χ3v) is 1.88. The van der Waals surface area contributed by atoms with Crippen LogP contribution in [0.1, 0.15) is 25.0 Å². The summed E-state index contributed by atoms with van der Waals surface area (Å²) >= 11 is 0. The molecule has 0 spiro atoms. The predicted octanol–water partition coefficient (Wildman–Crippen LogP) is 3.23. The third-order valence-electron chi connectivity index (χ3n) is 1.88. The second kappa shape index (κ2) is 5.20. The fraction of sp³-hybridized carbons (Fsp3) is 0.400. The molecule has 0 amide bonds. The molecular weight excluding hydrogens is 156 g/mol. The number of aryl methyl sites for hydroxylation is 2. The quantitative estimate of drug-likeness (QED) is 0.640. The minimum absolute atomic E-state index is 0. The van der Waals surface area contributed by atoms with Gasteiger partial charge in [-0.2, -0.15) is 0 Å². The highest BCUT2D eigenvalue weighted by molar-refractivity contribution is 5.85. The fourth-order valence-electron chi connectivity index (χ4n) is 1.25. The lowest BCUT2D eigenvalue weighted by Crippen LogP contribution is -1.88. The first-order chi connectivity index (χ1) is 4.88. The Balaban J connectivity index is 0.000001000. The lowest BCUT2D eigenvalue weighted by atomic mass is 10.0. The monoisotopic (exact) mass is 170 g/mol. The van der Waals surface area contributed by atoms with Crippen molar-refractivity contribution in [3.05, 3.63) is 35.4 Å². The molecule has 0 aliphatic rings. The topological polar surface area (TPSA) is 0 Å². The Morgan fingerprint density at radius 1 is 0.909 bits per heavy atom. The highest BCUT2D eigenvalue weighted by atomic mass is 35.5. The molecule has 0 unspecified atom stereocenters. The summed E-state index contributed by atoms with van der Waals surface area (Å²) in [5.74, 6) is 0. The third kappa shape index (κ3) is 2.55. The van der Waals surface area contributed by atoms with Crippen molar-refractivity contribution in [3.8, 4) is 0 Å². The minimum Gasteiger partial charge on any atom is -0.147 e. The van der Waals surface area contributed by atoms with Crippen molar-refractivity contribution >= 4 is 12.4 Å². The van der Waals surface area contributed by atoms with Crippen molar-refractivity contribution in [1.29, 1.82) is 0 Å². The lowest BCUT2D eigenvalue weighted by Gasteiger charge is -2.02. The van der Waals surface area contributed by atoms with Crippen LogP contribution in [0.2, 0.25) is 0 Å². The highest BCUT2D eigenvalue weighted by Gasteiger charge is 1.93. The van der Waals surface area contributed by atoms with Gasteiger partial charge in [-0.3, -0.25) is 0 Å². The van der Waals surface area contributed by atoms with E-state index in [-0.39, 0.29) is 12.4 Å². The Bertz CT molecular complexity index is 183. The van der Waals surface area contributed by atoms with Crippen LogP contribution >= 0.6 is 12.4 Å². The smallest absolute Gasteiger partial charge is 0.0305 e. The van der Waals surface area contributed by atoms with Gasteiger partial charge in [0.2, 0.25) is 0 Å². The Hall–Kier alpha value is -0.490. The van der Waals surface area contributed by atoms with E-state index < -0.39 is 0 Å². The summed E-state index contributed by atoms with van der Waals surface area (Å²) in [6.45, 7) is 4.41. The van der Waals surface area contributed by atoms with Crippen molar-refractivity contribution in [3.63, 3.8) is 0 Å². The van der Waals surface area contributed by atoms with Crippen LogP contribution in [-0.2, 0) is 12.8 Å². The Morgan fingerprint density at radius 2 is 1.27 bits per heavy atom. The zero-order valence-corrected chi connectivity index (χ0v) is 7.95. The van der Waals surface area contributed by atoms with Gasteiger partial charge in [0, 0.05) is 0 Å². The van der Waals surface area contributed by atoms with E-state index in [0.717, 1.165) is 12.8 Å². The molecule has 0 aliphatic heterocycles. The average Bonchev–Trinajstić information content (AvgIpc) is 2.04. The maximum Gasteiger partial charge on any atom is -0.0305 e. The molecule has 1 aromatic rings. The van der Waals surface area contributed by atoms with Gasteiger partial charge in [0.1, 0.15) is 0 Å². The Morgan fingerprint density at radius 3 is 1.55 bits per heavy atom. The summed E-state index contributed by atoms with van der Waals surface area (Å²) in [6, 6.07) is 8.63. The van der Waals surface area contributed by atoms with Gasteiger partial charge in [0.15, 0.2) is 0 Å². The largest absolute Gasteiger partial charge is 0.147 e. The Kier molecular flexibility index (Phi) is 4.97. The molecule has 0 saturated carbocycles. The van der Waals surface area contributed by atoms with Gasteiger partial charge in [-0.25, -0.2) is 0 Å². The molecule has 1 heteroatoms. The maximum absolute atomic E-state index is 2.21. The van der Waals surface area contributed by atoms with E-state index in [1.54, 1.807) is 0 Å². The van der Waals surface area contributed by atoms with Crippen LogP contribution < -0.4 is 0 Å². The summed E-state index contributed by atoms with van der Waals surface area (Å²) in [6.07, 6.45) is 2.31. The molecule has 0 bridgehead atoms. The molecule has 62 valence electrons. The van der Waals surface area contributed by atoms with Gasteiger partial charge in [-0.15, -0.1) is 12.4 Å². The van der Waals surface area contributed by atoms with E-state index in [4.69, 9.17) is 0 Å². The SMILES string of the molecule is CCc1ccccc1CC.Cl. The van der Waals surface area contributed by atoms with E-state index in [2.05, 4.69) is 38.1 Å². The summed E-state index contributed by atoms with van der Waals surface area (Å²) in [5.41, 5.74) is 2.98. The molecular formula is C10H15Cl. The van der Waals surface area contributed by atoms with Gasteiger partial charge in [0.25, 0.3) is 0 Å². The first-order valence-corrected chi connectivity index (χ1v) is 3.95. The van der Waals surface area contributed by atoms with Crippen LogP contribution in [0, 0.1) is 0 Å². The van der Waals surface area contributed by atoms with E-state index in [9.17, 15) is 0 Å². The van der Waals surface area contributed by atoms with Crippen LogP contribution in [0.15, 0.2) is 24.3 Å². The molecule has 11 heavy (non-hydrogen) atoms. The molecule has 0 aliphatic carbocycles. The van der Waals surface area contributed by atoms with E-state index in [1.807, 2.05) is 0 Å². The van der Waals surface area contributed by atoms with Crippen molar-refractivity contribution in [2.75, 3.05) is 0 Å². The molecule has 0 radical (unpaired) electrons. The van der Waals surface area contributed by atoms with Crippen LogP contribution in [0.4, 0.5) is 0 Å². The van der Waals surface area contributed by atoms with E-state index in [0.29, 0.717) is 0 Å². The molecule has 0 aromatic heterocycles. The van der Waals surface area contributed by atoms with Gasteiger partial charge < -0.3 is 0 Å². The zero-order valence-electron chi connectivity index (χ0n) is 7.13. The van der Waals surface area contributed by atoms with E-state index in [1.165, 1.54) is 11.1 Å². The predicted molar refractivity (Wildman–Crippen MR) is 52.4 cm³/mol. The first-order valence-electron chi connectivity index (χ1n) is 3.95. The minimum atomic E-state index is 0. The Labute approximate surface area is 75.0 Å². The summed E-state index contributed by atoms with van der Waals surface area (Å²) < 4.78 is 0. The zero-order chi connectivity index (χ0) is 7.40. The van der Waals surface area contributed by atoms with Crippen LogP contribution in [0.25, 0.3) is 0 Å². The maximum atomic E-state index is 2.21. The average molecular weight is 171 g/mol. The molecule has 1 aromatic carbocycles. The van der Waals surface area contributed by atoms with Crippen LogP contribution in [0.5, 0.6) is 0 Å². The van der Waals surface area contributed by atoms with Gasteiger partial charge in [-0.05, 0) is 24.0 Å². The molecule has 0 nitrogen and oxygen atoms in total. The van der Waals surface area contributed by atoms with Crippen LogP contribution in [0.3, 0.4) is 0 Å². The summed E-state index contributed by atoms with van der Waals surface area (Å²) in [4.78, 5) is 0. The van der Waals surface area contributed by atoms with Gasteiger partial charge in [-0.1, -0.05) is 38.1 Å². The van der Waals surface area contributed by atoms with Crippen molar-refractivity contribution in [1.82, 2.24) is 0 Å². The highest BCUT2D eigenvalue weighted by Crippen LogP contribution is 2.08. The second-order valence-electron chi connectivity index (χ2n) is 2.48. The lowest BCUT2D eigenvalue weighted by molar-refractivity contribution is 1.04. The standard InChI is InChI=1S/C10H14.ClH/c1-3-9-7-5-6-8-10(9)4-2;/h5-8H,3-4H2,1-2H3;1H. The molecule has 0 fully saturated rings. The number of rotatable bonds is 2. The summed E-state index contributed by atoms with van der Waals surface area (Å²) in [7, 11) is 0. The number of hydrogen-bond acceptors (Lipinski definition) is 0. The van der Waals surface area contributed by atoms with Crippen molar-refractivity contribution in [2.24, 2.45) is 0 Å². The molecule has 0 N–H and O–H groups in total. The molecule has 0 heterocycles. The summed E-state index contributed by atoms with van der Waals surface area (Å²) in [5, 5.41) is 0. The number of benzene rings is 1. The molecule has 0 saturated heterocycles. The number of hydrogen-bond donors (Lipinski definition) is 0. The number of halogens is 1.